The predicted octanol–water partition coefficient (Wildman–Crippen LogP) is 4.24. The molecule has 0 unspecified atom stereocenters. The molecule has 154 valence electrons. The molecule has 0 aliphatic rings. The van der Waals surface area contributed by atoms with Crippen LogP contribution in [0.4, 0.5) is 5.82 Å². The molecular weight excluding hydrogens is 400 g/mol. The maximum atomic E-state index is 12.9. The third-order valence-corrected chi connectivity index (χ3v) is 6.01. The Balaban J connectivity index is 1.72. The minimum atomic E-state index is -3.81. The summed E-state index contributed by atoms with van der Waals surface area (Å²) in [5.41, 5.74) is 2.53. The van der Waals surface area contributed by atoms with Gasteiger partial charge in [-0.05, 0) is 62.7 Å². The van der Waals surface area contributed by atoms with Crippen LogP contribution in [0, 0.1) is 13.8 Å². The van der Waals surface area contributed by atoms with Crippen molar-refractivity contribution in [2.75, 3.05) is 11.3 Å². The van der Waals surface area contributed by atoms with Gasteiger partial charge in [0.15, 0.2) is 5.82 Å². The summed E-state index contributed by atoms with van der Waals surface area (Å²) in [5, 5.41) is 5.50. The number of fused-ring (bicyclic) bond motifs is 1. The fraction of sp³-hybridized carbons (Fsp3) is 0.182. The molecule has 8 heteroatoms. The molecule has 1 N–H and O–H groups in total. The van der Waals surface area contributed by atoms with E-state index in [-0.39, 0.29) is 4.90 Å². The molecule has 0 fully saturated rings. The van der Waals surface area contributed by atoms with Crippen molar-refractivity contribution in [1.29, 1.82) is 0 Å². The molecule has 4 rings (SSSR count). The Kier molecular flexibility index (Phi) is 5.17. The van der Waals surface area contributed by atoms with E-state index in [2.05, 4.69) is 14.8 Å². The van der Waals surface area contributed by atoms with Gasteiger partial charge in [0.2, 0.25) is 0 Å². The minimum Gasteiger partial charge on any atom is -0.494 e. The number of aromatic nitrogens is 3. The third-order valence-electron chi connectivity index (χ3n) is 4.64. The summed E-state index contributed by atoms with van der Waals surface area (Å²) in [6.07, 6.45) is 0. The van der Waals surface area contributed by atoms with E-state index < -0.39 is 10.0 Å². The summed E-state index contributed by atoms with van der Waals surface area (Å²) in [7, 11) is -3.81. The molecule has 7 nitrogen and oxygen atoms in total. The van der Waals surface area contributed by atoms with Gasteiger partial charge in [0.1, 0.15) is 11.6 Å². The van der Waals surface area contributed by atoms with Crippen LogP contribution in [0.5, 0.6) is 5.75 Å². The molecular formula is C22H22N4O3S. The Morgan fingerprint density at radius 2 is 1.77 bits per heavy atom. The highest BCUT2D eigenvalue weighted by atomic mass is 32.2. The van der Waals surface area contributed by atoms with Gasteiger partial charge in [0, 0.05) is 11.5 Å². The SMILES string of the molecule is CCOc1ccc(S(=O)(=O)Nc2cc(C)nn2-c2cc(C)c3ccccc3n2)cc1. The lowest BCUT2D eigenvalue weighted by Crippen LogP contribution is -2.16. The summed E-state index contributed by atoms with van der Waals surface area (Å²) in [4.78, 5) is 4.80. The number of nitrogens with zero attached hydrogens (tertiary/aromatic N) is 3. The molecule has 30 heavy (non-hydrogen) atoms. The molecule has 0 saturated carbocycles. The van der Waals surface area contributed by atoms with Crippen LogP contribution in [0.15, 0.2) is 65.6 Å². The molecule has 2 heterocycles. The van der Waals surface area contributed by atoms with Crippen LogP contribution in [-0.4, -0.2) is 29.8 Å². The van der Waals surface area contributed by atoms with Gasteiger partial charge < -0.3 is 4.74 Å². The van der Waals surface area contributed by atoms with Crippen molar-refractivity contribution in [1.82, 2.24) is 14.8 Å². The summed E-state index contributed by atoms with van der Waals surface area (Å²) < 4.78 is 35.4. The number of para-hydroxylation sites is 1. The van der Waals surface area contributed by atoms with E-state index in [1.54, 1.807) is 25.1 Å². The third kappa shape index (κ3) is 3.86. The van der Waals surface area contributed by atoms with Gasteiger partial charge >= 0.3 is 0 Å². The predicted molar refractivity (Wildman–Crippen MR) is 117 cm³/mol. The molecule has 0 atom stereocenters. The average Bonchev–Trinajstić information content (AvgIpc) is 3.08. The number of sulfonamides is 1. The number of ether oxygens (including phenoxy) is 1. The van der Waals surface area contributed by atoms with Gasteiger partial charge in [0.25, 0.3) is 10.0 Å². The Bertz CT molecular complexity index is 1310. The van der Waals surface area contributed by atoms with Crippen molar-refractivity contribution in [2.24, 2.45) is 0 Å². The fourth-order valence-corrected chi connectivity index (χ4v) is 4.30. The van der Waals surface area contributed by atoms with Crippen LogP contribution < -0.4 is 9.46 Å². The van der Waals surface area contributed by atoms with Crippen LogP contribution >= 0.6 is 0 Å². The first-order valence-electron chi connectivity index (χ1n) is 9.56. The number of benzene rings is 2. The number of anilines is 1. The second kappa shape index (κ2) is 7.79. The fourth-order valence-electron chi connectivity index (χ4n) is 3.27. The summed E-state index contributed by atoms with van der Waals surface area (Å²) in [6, 6.07) is 17.7. The molecule has 2 aromatic carbocycles. The van der Waals surface area contributed by atoms with Gasteiger partial charge in [-0.25, -0.2) is 13.4 Å². The van der Waals surface area contributed by atoms with Crippen LogP contribution in [0.3, 0.4) is 0 Å². The van der Waals surface area contributed by atoms with Crippen molar-refractivity contribution in [3.63, 3.8) is 0 Å². The lowest BCUT2D eigenvalue weighted by Gasteiger charge is -2.12. The van der Waals surface area contributed by atoms with Gasteiger partial charge in [-0.3, -0.25) is 4.72 Å². The maximum absolute atomic E-state index is 12.9. The largest absolute Gasteiger partial charge is 0.494 e. The number of hydrogen-bond acceptors (Lipinski definition) is 5. The summed E-state index contributed by atoms with van der Waals surface area (Å²) >= 11 is 0. The van der Waals surface area contributed by atoms with Crippen LogP contribution in [0.25, 0.3) is 16.7 Å². The van der Waals surface area contributed by atoms with Crippen molar-refractivity contribution < 1.29 is 13.2 Å². The Morgan fingerprint density at radius 3 is 2.50 bits per heavy atom. The van der Waals surface area contributed by atoms with E-state index in [4.69, 9.17) is 4.74 Å². The highest BCUT2D eigenvalue weighted by molar-refractivity contribution is 7.92. The topological polar surface area (TPSA) is 86.1 Å². The lowest BCUT2D eigenvalue weighted by molar-refractivity contribution is 0.340. The number of pyridine rings is 1. The lowest BCUT2D eigenvalue weighted by atomic mass is 10.1. The first-order valence-corrected chi connectivity index (χ1v) is 11.0. The van der Waals surface area contributed by atoms with Crippen molar-refractivity contribution in [3.05, 3.63) is 71.9 Å². The molecule has 0 saturated heterocycles. The Hall–Kier alpha value is -3.39. The van der Waals surface area contributed by atoms with Gasteiger partial charge in [-0.1, -0.05) is 18.2 Å². The highest BCUT2D eigenvalue weighted by Gasteiger charge is 2.19. The first kappa shape index (κ1) is 19.9. The zero-order valence-corrected chi connectivity index (χ0v) is 17.8. The monoisotopic (exact) mass is 422 g/mol. The quantitative estimate of drug-likeness (QED) is 0.502. The summed E-state index contributed by atoms with van der Waals surface area (Å²) in [6.45, 7) is 6.19. The molecule has 0 amide bonds. The molecule has 0 bridgehead atoms. The number of aryl methyl sites for hydroxylation is 2. The van der Waals surface area contributed by atoms with E-state index in [9.17, 15) is 8.42 Å². The van der Waals surface area contributed by atoms with Crippen LogP contribution in [0.2, 0.25) is 0 Å². The van der Waals surface area contributed by atoms with Gasteiger partial charge in [-0.2, -0.15) is 9.78 Å². The van der Waals surface area contributed by atoms with Crippen LogP contribution in [0.1, 0.15) is 18.2 Å². The molecule has 0 spiro atoms. The highest BCUT2D eigenvalue weighted by Crippen LogP contribution is 2.24. The van der Waals surface area contributed by atoms with Gasteiger partial charge in [-0.15, -0.1) is 0 Å². The summed E-state index contributed by atoms with van der Waals surface area (Å²) in [5.74, 6) is 1.49. The number of nitrogens with one attached hydrogen (secondary N) is 1. The van der Waals surface area contributed by atoms with Crippen LogP contribution in [-0.2, 0) is 10.0 Å². The van der Waals surface area contributed by atoms with E-state index in [1.807, 2.05) is 44.2 Å². The minimum absolute atomic E-state index is 0.138. The Labute approximate surface area is 175 Å². The van der Waals surface area contributed by atoms with Crippen molar-refractivity contribution >= 4 is 26.7 Å². The Morgan fingerprint density at radius 1 is 1.03 bits per heavy atom. The number of hydrogen-bond donors (Lipinski definition) is 1. The number of rotatable bonds is 6. The molecule has 4 aromatic rings. The van der Waals surface area contributed by atoms with Crippen molar-refractivity contribution in [2.45, 2.75) is 25.7 Å². The normalized spacial score (nSPS) is 11.6. The maximum Gasteiger partial charge on any atom is 0.263 e. The van der Waals surface area contributed by atoms with Crippen molar-refractivity contribution in [3.8, 4) is 11.6 Å². The zero-order chi connectivity index (χ0) is 21.3. The standard InChI is InChI=1S/C22H22N4O3S/c1-4-29-17-9-11-18(12-10-17)30(27,28)25-22-14-16(3)24-26(22)21-13-15(2)19-7-5-6-8-20(19)23-21/h5-14,25H,4H2,1-3H3. The van der Waals surface area contributed by atoms with E-state index >= 15 is 0 Å². The molecule has 2 aromatic heterocycles. The second-order valence-electron chi connectivity index (χ2n) is 6.91. The smallest absolute Gasteiger partial charge is 0.263 e. The first-order chi connectivity index (χ1) is 14.4. The molecule has 0 radical (unpaired) electrons. The molecule has 0 aliphatic heterocycles. The van der Waals surface area contributed by atoms with E-state index in [0.717, 1.165) is 16.5 Å². The second-order valence-corrected chi connectivity index (χ2v) is 8.59. The zero-order valence-electron chi connectivity index (χ0n) is 17.0. The van der Waals surface area contributed by atoms with E-state index in [0.29, 0.717) is 29.7 Å². The van der Waals surface area contributed by atoms with E-state index in [1.165, 1.54) is 16.8 Å². The van der Waals surface area contributed by atoms with Gasteiger partial charge in [0.05, 0.1) is 22.7 Å². The average molecular weight is 423 g/mol. The molecule has 0 aliphatic carbocycles.